The Morgan fingerprint density at radius 2 is 1.86 bits per heavy atom. The van der Waals surface area contributed by atoms with Crippen LogP contribution in [0.2, 0.25) is 0 Å². The van der Waals surface area contributed by atoms with Crippen LogP contribution < -0.4 is 15.8 Å². The highest BCUT2D eigenvalue weighted by molar-refractivity contribution is 5.94. The lowest BCUT2D eigenvalue weighted by Crippen LogP contribution is -2.08. The first kappa shape index (κ1) is 14.4. The van der Waals surface area contributed by atoms with E-state index < -0.39 is 5.97 Å². The molecule has 2 rings (SSSR count). The lowest BCUT2D eigenvalue weighted by molar-refractivity contribution is -0.114. The maximum absolute atomic E-state index is 11.2. The Hall–Kier alpha value is -3.02. The molecule has 108 valence electrons. The second kappa shape index (κ2) is 5.96. The van der Waals surface area contributed by atoms with Crippen molar-refractivity contribution >= 4 is 23.3 Å². The third-order valence-electron chi connectivity index (χ3n) is 2.69. The van der Waals surface area contributed by atoms with E-state index in [4.69, 9.17) is 10.5 Å². The summed E-state index contributed by atoms with van der Waals surface area (Å²) in [5, 5.41) is 11.8. The van der Waals surface area contributed by atoms with Gasteiger partial charge in [-0.05, 0) is 24.3 Å². The van der Waals surface area contributed by atoms with Gasteiger partial charge in [-0.15, -0.1) is 0 Å². The van der Waals surface area contributed by atoms with Crippen molar-refractivity contribution in [2.45, 2.75) is 6.92 Å². The van der Waals surface area contributed by atoms with E-state index in [1.165, 1.54) is 19.1 Å². The summed E-state index contributed by atoms with van der Waals surface area (Å²) in [6, 6.07) is 11.2. The molecule has 0 heterocycles. The zero-order valence-electron chi connectivity index (χ0n) is 11.3. The van der Waals surface area contributed by atoms with Crippen molar-refractivity contribution in [3.63, 3.8) is 0 Å². The van der Waals surface area contributed by atoms with Crippen molar-refractivity contribution in [3.05, 3.63) is 48.0 Å². The van der Waals surface area contributed by atoms with Crippen LogP contribution in [0.3, 0.4) is 0 Å². The number of rotatable bonds is 4. The van der Waals surface area contributed by atoms with Gasteiger partial charge in [-0.3, -0.25) is 4.79 Å². The second-order valence-corrected chi connectivity index (χ2v) is 4.31. The summed E-state index contributed by atoms with van der Waals surface area (Å²) in [5.41, 5.74) is 6.37. The van der Waals surface area contributed by atoms with Gasteiger partial charge in [-0.2, -0.15) is 0 Å². The van der Waals surface area contributed by atoms with Crippen LogP contribution in [-0.4, -0.2) is 17.0 Å². The number of anilines is 2. The molecule has 0 spiro atoms. The Morgan fingerprint density at radius 3 is 2.52 bits per heavy atom. The van der Waals surface area contributed by atoms with E-state index in [1.54, 1.807) is 30.3 Å². The number of nitrogens with one attached hydrogen (secondary N) is 1. The maximum atomic E-state index is 11.2. The monoisotopic (exact) mass is 286 g/mol. The Balaban J connectivity index is 2.44. The number of ether oxygens (including phenoxy) is 1. The Labute approximate surface area is 121 Å². The van der Waals surface area contributed by atoms with E-state index in [-0.39, 0.29) is 22.9 Å². The molecule has 0 aliphatic rings. The molecule has 0 aliphatic heterocycles. The average molecular weight is 286 g/mol. The molecule has 0 fully saturated rings. The lowest BCUT2D eigenvalue weighted by Gasteiger charge is -2.14. The summed E-state index contributed by atoms with van der Waals surface area (Å²) in [5.74, 6) is -1.05. The Kier molecular flexibility index (Phi) is 4.08. The van der Waals surface area contributed by atoms with Gasteiger partial charge in [0.05, 0.1) is 11.4 Å². The van der Waals surface area contributed by atoms with Crippen molar-refractivity contribution in [3.8, 4) is 11.5 Å². The molecular formula is C15H14N2O4. The zero-order chi connectivity index (χ0) is 15.4. The molecule has 0 bridgehead atoms. The highest BCUT2D eigenvalue weighted by Gasteiger charge is 2.16. The van der Waals surface area contributed by atoms with Gasteiger partial charge in [0.15, 0.2) is 11.5 Å². The number of carbonyl (C=O) groups is 2. The van der Waals surface area contributed by atoms with Crippen LogP contribution in [0, 0.1) is 0 Å². The third-order valence-corrected chi connectivity index (χ3v) is 2.69. The van der Waals surface area contributed by atoms with Crippen molar-refractivity contribution < 1.29 is 19.4 Å². The van der Waals surface area contributed by atoms with Crippen LogP contribution in [0.4, 0.5) is 11.4 Å². The van der Waals surface area contributed by atoms with E-state index in [2.05, 4.69) is 5.32 Å². The molecular weight excluding hydrogens is 272 g/mol. The maximum Gasteiger partial charge on any atom is 0.339 e. The largest absolute Gasteiger partial charge is 0.478 e. The lowest BCUT2D eigenvalue weighted by atomic mass is 10.1. The highest BCUT2D eigenvalue weighted by Crippen LogP contribution is 2.35. The fourth-order valence-electron chi connectivity index (χ4n) is 1.80. The molecule has 4 N–H and O–H groups in total. The predicted molar refractivity (Wildman–Crippen MR) is 78.6 cm³/mol. The van der Waals surface area contributed by atoms with Crippen molar-refractivity contribution in [1.29, 1.82) is 0 Å². The van der Waals surface area contributed by atoms with Crippen molar-refractivity contribution in [2.75, 3.05) is 11.1 Å². The molecule has 0 atom stereocenters. The van der Waals surface area contributed by atoms with E-state index in [1.807, 2.05) is 0 Å². The standard InChI is InChI=1S/C15H14N2O4/c1-9(18)17-12-7-2-3-8-13(12)21-14-10(15(19)20)5-4-6-11(14)16/h2-8H,16H2,1H3,(H,17,18)(H,19,20). The average Bonchev–Trinajstić information content (AvgIpc) is 2.42. The second-order valence-electron chi connectivity index (χ2n) is 4.31. The van der Waals surface area contributed by atoms with E-state index in [0.717, 1.165) is 0 Å². The first-order valence-electron chi connectivity index (χ1n) is 6.15. The number of nitrogen functional groups attached to an aromatic ring is 1. The summed E-state index contributed by atoms with van der Waals surface area (Å²) in [4.78, 5) is 22.4. The number of aromatic carboxylic acids is 1. The van der Waals surface area contributed by atoms with Crippen LogP contribution in [0.1, 0.15) is 17.3 Å². The summed E-state index contributed by atoms with van der Waals surface area (Å²) >= 11 is 0. The van der Waals surface area contributed by atoms with Gasteiger partial charge < -0.3 is 20.9 Å². The van der Waals surface area contributed by atoms with Gasteiger partial charge in [0.25, 0.3) is 0 Å². The molecule has 6 nitrogen and oxygen atoms in total. The molecule has 0 radical (unpaired) electrons. The minimum absolute atomic E-state index is 0.0443. The fourth-order valence-corrected chi connectivity index (χ4v) is 1.80. The van der Waals surface area contributed by atoms with E-state index in [9.17, 15) is 14.7 Å². The van der Waals surface area contributed by atoms with E-state index >= 15 is 0 Å². The Bertz CT molecular complexity index is 698. The fraction of sp³-hybridized carbons (Fsp3) is 0.0667. The number of hydrogen-bond donors (Lipinski definition) is 3. The number of amides is 1. The summed E-state index contributed by atoms with van der Waals surface area (Å²) in [6.07, 6.45) is 0. The molecule has 21 heavy (non-hydrogen) atoms. The molecule has 6 heteroatoms. The topological polar surface area (TPSA) is 102 Å². The first-order chi connectivity index (χ1) is 9.99. The van der Waals surface area contributed by atoms with Crippen molar-refractivity contribution in [2.24, 2.45) is 0 Å². The molecule has 0 saturated carbocycles. The minimum Gasteiger partial charge on any atom is -0.478 e. The number of carbonyl (C=O) groups excluding carboxylic acids is 1. The van der Waals surface area contributed by atoms with Gasteiger partial charge in [0, 0.05) is 6.92 Å². The molecule has 0 aromatic heterocycles. The van der Waals surface area contributed by atoms with Crippen LogP contribution in [0.15, 0.2) is 42.5 Å². The quantitative estimate of drug-likeness (QED) is 0.750. The number of benzene rings is 2. The number of nitrogens with two attached hydrogens (primary N) is 1. The Morgan fingerprint density at radius 1 is 1.14 bits per heavy atom. The third kappa shape index (κ3) is 3.30. The molecule has 0 aliphatic carbocycles. The number of carboxylic acid groups (broad SMARTS) is 1. The molecule has 1 amide bonds. The molecule has 2 aromatic carbocycles. The van der Waals surface area contributed by atoms with Crippen LogP contribution in [0.5, 0.6) is 11.5 Å². The van der Waals surface area contributed by atoms with Gasteiger partial charge in [0.2, 0.25) is 5.91 Å². The number of para-hydroxylation sites is 3. The molecule has 0 unspecified atom stereocenters. The van der Waals surface area contributed by atoms with Gasteiger partial charge >= 0.3 is 5.97 Å². The normalized spacial score (nSPS) is 9.95. The summed E-state index contributed by atoms with van der Waals surface area (Å²) in [7, 11) is 0. The zero-order valence-corrected chi connectivity index (χ0v) is 11.3. The van der Waals surface area contributed by atoms with Gasteiger partial charge in [-0.25, -0.2) is 4.79 Å². The summed E-state index contributed by atoms with van der Waals surface area (Å²) in [6.45, 7) is 1.37. The number of hydrogen-bond acceptors (Lipinski definition) is 4. The van der Waals surface area contributed by atoms with E-state index in [0.29, 0.717) is 11.4 Å². The molecule has 2 aromatic rings. The van der Waals surface area contributed by atoms with Crippen LogP contribution in [-0.2, 0) is 4.79 Å². The van der Waals surface area contributed by atoms with Crippen molar-refractivity contribution in [1.82, 2.24) is 0 Å². The van der Waals surface area contributed by atoms with Crippen LogP contribution >= 0.6 is 0 Å². The highest BCUT2D eigenvalue weighted by atomic mass is 16.5. The first-order valence-corrected chi connectivity index (χ1v) is 6.15. The SMILES string of the molecule is CC(=O)Nc1ccccc1Oc1c(N)cccc1C(=O)O. The molecule has 0 saturated heterocycles. The minimum atomic E-state index is -1.14. The predicted octanol–water partition coefficient (Wildman–Crippen LogP) is 2.72. The van der Waals surface area contributed by atoms with Crippen LogP contribution in [0.25, 0.3) is 0 Å². The van der Waals surface area contributed by atoms with Gasteiger partial charge in [0.1, 0.15) is 5.56 Å². The van der Waals surface area contributed by atoms with Gasteiger partial charge in [-0.1, -0.05) is 18.2 Å². The summed E-state index contributed by atoms with van der Waals surface area (Å²) < 4.78 is 5.61. The smallest absolute Gasteiger partial charge is 0.339 e. The number of carboxylic acids is 1.